The summed E-state index contributed by atoms with van der Waals surface area (Å²) in [4.78, 5) is 43.0. The van der Waals surface area contributed by atoms with E-state index in [0.29, 0.717) is 12.5 Å². The molecule has 8 heteroatoms. The number of nitrogens with two attached hydrogens (primary N) is 1. The highest BCUT2D eigenvalue weighted by Gasteiger charge is 2.34. The third-order valence-corrected chi connectivity index (χ3v) is 6.34. The van der Waals surface area contributed by atoms with Gasteiger partial charge in [0.05, 0.1) is 11.6 Å². The quantitative estimate of drug-likeness (QED) is 0.632. The predicted molar refractivity (Wildman–Crippen MR) is 116 cm³/mol. The van der Waals surface area contributed by atoms with Gasteiger partial charge in [0, 0.05) is 17.4 Å². The van der Waals surface area contributed by atoms with Gasteiger partial charge in [-0.3, -0.25) is 14.4 Å². The van der Waals surface area contributed by atoms with Crippen LogP contribution < -0.4 is 11.1 Å². The molecule has 0 bridgehead atoms. The summed E-state index contributed by atoms with van der Waals surface area (Å²) in [6, 6.07) is 11.1. The smallest absolute Gasteiger partial charge is 0.315 e. The lowest BCUT2D eigenvalue weighted by Gasteiger charge is -2.38. The van der Waals surface area contributed by atoms with Gasteiger partial charge in [-0.05, 0) is 65.4 Å². The number of nitrogens with zero attached hydrogens (tertiary/aromatic N) is 2. The number of thiophene rings is 1. The molecule has 0 saturated carbocycles. The van der Waals surface area contributed by atoms with E-state index in [1.165, 1.54) is 17.0 Å². The molecule has 1 saturated heterocycles. The van der Waals surface area contributed by atoms with E-state index in [4.69, 9.17) is 5.73 Å². The molecule has 3 aromatic rings. The summed E-state index contributed by atoms with van der Waals surface area (Å²) >= 11 is 1.67. The fourth-order valence-electron chi connectivity index (χ4n) is 3.91. The summed E-state index contributed by atoms with van der Waals surface area (Å²) in [5, 5.41) is 5.63. The van der Waals surface area contributed by atoms with E-state index in [-0.39, 0.29) is 17.4 Å². The molecule has 1 aliphatic heterocycles. The van der Waals surface area contributed by atoms with Crippen molar-refractivity contribution in [3.63, 3.8) is 0 Å². The van der Waals surface area contributed by atoms with Crippen molar-refractivity contribution in [1.82, 2.24) is 9.88 Å². The summed E-state index contributed by atoms with van der Waals surface area (Å²) in [7, 11) is 0. The molecular weight excluding hydrogens is 400 g/mol. The number of amides is 3. The Morgan fingerprint density at radius 3 is 2.83 bits per heavy atom. The molecule has 1 aromatic carbocycles. The highest BCUT2D eigenvalue weighted by Crippen LogP contribution is 2.35. The SMILES string of the molecule is C[C@H]1CC[C@H](c2ccc3sccc3c2)N(C(=O)C(=O)Nc2ncccc2C(N)=O)C1. The van der Waals surface area contributed by atoms with Crippen molar-refractivity contribution in [2.24, 2.45) is 11.7 Å². The van der Waals surface area contributed by atoms with Gasteiger partial charge >= 0.3 is 11.8 Å². The third kappa shape index (κ3) is 3.91. The number of aromatic nitrogens is 1. The van der Waals surface area contributed by atoms with Crippen LogP contribution in [0.3, 0.4) is 0 Å². The number of fused-ring (bicyclic) bond motifs is 1. The van der Waals surface area contributed by atoms with Crippen LogP contribution in [-0.4, -0.2) is 34.2 Å². The molecule has 2 aromatic heterocycles. The van der Waals surface area contributed by atoms with E-state index in [9.17, 15) is 14.4 Å². The van der Waals surface area contributed by atoms with Gasteiger partial charge in [0.15, 0.2) is 0 Å². The molecule has 0 unspecified atom stereocenters. The normalized spacial score (nSPS) is 18.9. The van der Waals surface area contributed by atoms with E-state index in [1.807, 2.05) is 11.4 Å². The second-order valence-electron chi connectivity index (χ2n) is 7.59. The highest BCUT2D eigenvalue weighted by atomic mass is 32.1. The first-order valence-electron chi connectivity index (χ1n) is 9.78. The Morgan fingerprint density at radius 1 is 1.20 bits per heavy atom. The zero-order chi connectivity index (χ0) is 21.3. The van der Waals surface area contributed by atoms with Crippen LogP contribution in [0, 0.1) is 5.92 Å². The second kappa shape index (κ2) is 8.23. The predicted octanol–water partition coefficient (Wildman–Crippen LogP) is 3.33. The highest BCUT2D eigenvalue weighted by molar-refractivity contribution is 7.17. The van der Waals surface area contributed by atoms with E-state index in [0.717, 1.165) is 23.8 Å². The number of benzene rings is 1. The number of rotatable bonds is 3. The topological polar surface area (TPSA) is 105 Å². The molecule has 4 rings (SSSR count). The van der Waals surface area contributed by atoms with Crippen LogP contribution in [0.15, 0.2) is 48.0 Å². The van der Waals surface area contributed by atoms with Crippen LogP contribution in [0.2, 0.25) is 0 Å². The van der Waals surface area contributed by atoms with Crippen molar-refractivity contribution < 1.29 is 14.4 Å². The van der Waals surface area contributed by atoms with Crippen molar-refractivity contribution in [2.45, 2.75) is 25.8 Å². The van der Waals surface area contributed by atoms with Gasteiger partial charge in [-0.25, -0.2) is 4.98 Å². The van der Waals surface area contributed by atoms with Crippen molar-refractivity contribution in [3.05, 3.63) is 59.1 Å². The first-order valence-corrected chi connectivity index (χ1v) is 10.7. The van der Waals surface area contributed by atoms with Crippen LogP contribution in [0.1, 0.15) is 41.7 Å². The average molecular weight is 423 g/mol. The van der Waals surface area contributed by atoms with Crippen LogP contribution >= 0.6 is 11.3 Å². The maximum Gasteiger partial charge on any atom is 0.315 e. The molecular formula is C22H22N4O3S. The van der Waals surface area contributed by atoms with E-state index in [1.54, 1.807) is 22.3 Å². The van der Waals surface area contributed by atoms with Gasteiger partial charge < -0.3 is 16.0 Å². The number of likely N-dealkylation sites (tertiary alicyclic amines) is 1. The number of hydrogen-bond acceptors (Lipinski definition) is 5. The van der Waals surface area contributed by atoms with Crippen molar-refractivity contribution >= 4 is 45.0 Å². The van der Waals surface area contributed by atoms with Crippen molar-refractivity contribution in [2.75, 3.05) is 11.9 Å². The molecule has 0 spiro atoms. The van der Waals surface area contributed by atoms with Crippen molar-refractivity contribution in [3.8, 4) is 0 Å². The Bertz CT molecular complexity index is 1130. The first-order chi connectivity index (χ1) is 14.4. The molecule has 154 valence electrons. The van der Waals surface area contributed by atoms with E-state index in [2.05, 4.69) is 35.4 Å². The lowest BCUT2D eigenvalue weighted by Crippen LogP contribution is -2.46. The number of pyridine rings is 1. The molecule has 0 aliphatic carbocycles. The molecule has 3 N–H and O–H groups in total. The lowest BCUT2D eigenvalue weighted by atomic mass is 9.89. The summed E-state index contributed by atoms with van der Waals surface area (Å²) in [6.45, 7) is 2.56. The number of carbonyl (C=O) groups excluding carboxylic acids is 3. The fourth-order valence-corrected chi connectivity index (χ4v) is 4.68. The molecule has 3 amide bonds. The molecule has 0 radical (unpaired) electrons. The average Bonchev–Trinajstić information content (AvgIpc) is 3.21. The summed E-state index contributed by atoms with van der Waals surface area (Å²) in [5.74, 6) is -1.91. The third-order valence-electron chi connectivity index (χ3n) is 5.44. The van der Waals surface area contributed by atoms with Gasteiger partial charge in [0.2, 0.25) is 0 Å². The minimum Gasteiger partial charge on any atom is -0.365 e. The van der Waals surface area contributed by atoms with Crippen LogP contribution in [0.4, 0.5) is 5.82 Å². The number of carbonyl (C=O) groups is 3. The maximum absolute atomic E-state index is 13.1. The molecule has 1 fully saturated rings. The van der Waals surface area contributed by atoms with E-state index < -0.39 is 17.7 Å². The monoisotopic (exact) mass is 422 g/mol. The molecule has 30 heavy (non-hydrogen) atoms. The minimum atomic E-state index is -0.827. The zero-order valence-electron chi connectivity index (χ0n) is 16.5. The Labute approximate surface area is 177 Å². The second-order valence-corrected chi connectivity index (χ2v) is 8.54. The maximum atomic E-state index is 13.1. The molecule has 2 atom stereocenters. The van der Waals surface area contributed by atoms with Gasteiger partial charge in [0.1, 0.15) is 5.82 Å². The standard InChI is InChI=1S/C22H22N4O3S/c1-13-4-6-17(14-5-7-18-15(11-14)8-10-30-18)26(12-13)22(29)21(28)25-20-16(19(23)27)3-2-9-24-20/h2-3,5,7-11,13,17H,4,6,12H2,1H3,(H2,23,27)(H,24,25,28)/t13-,17+/m0/s1. The van der Waals surface area contributed by atoms with Gasteiger partial charge in [-0.2, -0.15) is 0 Å². The minimum absolute atomic E-state index is 0.00958. The van der Waals surface area contributed by atoms with E-state index >= 15 is 0 Å². The Balaban J connectivity index is 1.59. The van der Waals surface area contributed by atoms with Gasteiger partial charge in [-0.15, -0.1) is 11.3 Å². The van der Waals surface area contributed by atoms with Crippen LogP contribution in [-0.2, 0) is 9.59 Å². The molecule has 7 nitrogen and oxygen atoms in total. The van der Waals surface area contributed by atoms with Crippen molar-refractivity contribution in [1.29, 1.82) is 0 Å². The van der Waals surface area contributed by atoms with Gasteiger partial charge in [0.25, 0.3) is 5.91 Å². The fraction of sp³-hybridized carbons (Fsp3) is 0.273. The summed E-state index contributed by atoms with van der Waals surface area (Å²) in [5.41, 5.74) is 6.42. The number of primary amides is 1. The number of hydrogen-bond donors (Lipinski definition) is 2. The van der Waals surface area contributed by atoms with Gasteiger partial charge in [-0.1, -0.05) is 13.0 Å². The summed E-state index contributed by atoms with van der Waals surface area (Å²) < 4.78 is 1.19. The molecule has 3 heterocycles. The Morgan fingerprint density at radius 2 is 2.03 bits per heavy atom. The Kier molecular flexibility index (Phi) is 5.50. The van der Waals surface area contributed by atoms with Crippen LogP contribution in [0.25, 0.3) is 10.1 Å². The number of nitrogens with one attached hydrogen (secondary N) is 1. The van der Waals surface area contributed by atoms with Crippen LogP contribution in [0.5, 0.6) is 0 Å². The Hall–Kier alpha value is -3.26. The zero-order valence-corrected chi connectivity index (χ0v) is 17.3. The summed E-state index contributed by atoms with van der Waals surface area (Å²) in [6.07, 6.45) is 3.18. The first kappa shape index (κ1) is 20.0. The largest absolute Gasteiger partial charge is 0.365 e. The number of piperidine rings is 1. The molecule has 1 aliphatic rings. The lowest BCUT2D eigenvalue weighted by molar-refractivity contribution is -0.146. The number of anilines is 1.